The van der Waals surface area contributed by atoms with E-state index in [-0.39, 0.29) is 7.43 Å². The van der Waals surface area contributed by atoms with Crippen LogP contribution in [0.4, 0.5) is 0 Å². The minimum Gasteiger partial charge on any atom is -0.475 e. The summed E-state index contributed by atoms with van der Waals surface area (Å²) in [5.41, 5.74) is 5.66. The van der Waals surface area contributed by atoms with Crippen molar-refractivity contribution in [1.82, 2.24) is 0 Å². The first-order chi connectivity index (χ1) is 30.1. The zero-order valence-electron chi connectivity index (χ0n) is 45.6. The fourth-order valence-electron chi connectivity index (χ4n) is 6.73. The molecule has 0 aliphatic carbocycles. The third-order valence-corrected chi connectivity index (χ3v) is 62.2. The first-order valence-corrected chi connectivity index (χ1v) is 56.8. The molecule has 10 unspecified atom stereocenters. The van der Waals surface area contributed by atoms with Crippen LogP contribution in [0.15, 0.2) is 36.8 Å². The normalized spacial score (nSPS) is 37.7. The Bertz CT molecular complexity index is 1620. The Kier molecular flexibility index (Phi) is 28.7. The SMILES string of the molecule is C.C=C[SiH](C)O[Si]1(C)O[Si](C)(CC)O[Si](C)(CC)O[Si](C)(O[Si](C)(C)C=C)O[Si](C)(CC)O1.C=C[Si](C)(C)Cl.CC[Si]1(C)O[Si](C)(CC)O[Si](C)(OC(C)=O)O[Si](C)(CC)O[Si](C)(OC(C)=O)O1. The van der Waals surface area contributed by atoms with Crippen molar-refractivity contribution in [2.24, 2.45) is 0 Å². The number of halogens is 1. The summed E-state index contributed by atoms with van der Waals surface area (Å²) in [5, 5.41) is 0. The second kappa shape index (κ2) is 27.5. The predicted octanol–water partition coefficient (Wildman–Crippen LogP) is 12.0. The van der Waals surface area contributed by atoms with Gasteiger partial charge in [0.15, 0.2) is 16.4 Å². The van der Waals surface area contributed by atoms with E-state index in [2.05, 4.69) is 79.8 Å². The summed E-state index contributed by atoms with van der Waals surface area (Å²) in [6.45, 7) is 56.0. The maximum Gasteiger partial charge on any atom is 0.546 e. The molecule has 0 saturated carbocycles. The first kappa shape index (κ1) is 70.9. The van der Waals surface area contributed by atoms with Gasteiger partial charge < -0.3 is 58.2 Å². The fourth-order valence-corrected chi connectivity index (χ4v) is 62.8. The monoisotopic (exact) mass is 1210 g/mol. The number of carbonyl (C=O) groups is 2. The van der Waals surface area contributed by atoms with Crippen molar-refractivity contribution in [2.75, 3.05) is 0 Å². The van der Waals surface area contributed by atoms with Crippen LogP contribution in [0.5, 0.6) is 0 Å². The first-order valence-electron chi connectivity index (χ1n) is 23.4. The van der Waals surface area contributed by atoms with Crippen molar-refractivity contribution in [3.8, 4) is 0 Å². The van der Waals surface area contributed by atoms with E-state index in [4.69, 9.17) is 69.3 Å². The van der Waals surface area contributed by atoms with Gasteiger partial charge in [0.2, 0.25) is 8.32 Å². The molecule has 0 aromatic rings. The molecule has 16 nitrogen and oxygen atoms in total. The number of carbonyl (C=O) groups excluding carboxylic acids is 2. The van der Waals surface area contributed by atoms with Crippen molar-refractivity contribution in [3.05, 3.63) is 36.8 Å². The summed E-state index contributed by atoms with van der Waals surface area (Å²) < 4.78 is 90.6. The molecular formula is C38H95ClO16Si13. The third-order valence-electron chi connectivity index (χ3n) is 10.7. The maximum atomic E-state index is 11.8. The maximum absolute atomic E-state index is 11.8. The average molecular weight is 1210 g/mol. The van der Waals surface area contributed by atoms with E-state index >= 15 is 0 Å². The summed E-state index contributed by atoms with van der Waals surface area (Å²) >= 11 is 5.74. The molecule has 0 aromatic heterocycles. The molecule has 2 rings (SSSR count). The van der Waals surface area contributed by atoms with Gasteiger partial charge in [-0.2, -0.15) is 11.1 Å². The summed E-state index contributed by atoms with van der Waals surface area (Å²) in [7, 11) is -35.2. The Balaban J connectivity index is 0. The van der Waals surface area contributed by atoms with Gasteiger partial charge in [0, 0.05) is 40.0 Å². The van der Waals surface area contributed by atoms with Gasteiger partial charge >= 0.3 is 86.6 Å². The van der Waals surface area contributed by atoms with Crippen molar-refractivity contribution in [2.45, 2.75) is 197 Å². The van der Waals surface area contributed by atoms with E-state index in [1.807, 2.05) is 83.7 Å². The van der Waals surface area contributed by atoms with Crippen molar-refractivity contribution in [3.63, 3.8) is 0 Å². The van der Waals surface area contributed by atoms with Gasteiger partial charge in [0.25, 0.3) is 11.9 Å². The van der Waals surface area contributed by atoms with E-state index in [0.717, 1.165) is 18.1 Å². The topological polar surface area (TPSA) is 163 Å². The highest BCUT2D eigenvalue weighted by Crippen LogP contribution is 2.38. The van der Waals surface area contributed by atoms with Gasteiger partial charge in [-0.1, -0.05) is 79.2 Å². The second-order valence-corrected chi connectivity index (χ2v) is 66.4. The molecular weight excluding hydrogens is 1110 g/mol. The van der Waals surface area contributed by atoms with Crippen LogP contribution in [0.3, 0.4) is 0 Å². The Labute approximate surface area is 433 Å². The molecule has 2 heterocycles. The molecule has 0 N–H and O–H groups in total. The van der Waals surface area contributed by atoms with Crippen LogP contribution in [0, 0.1) is 0 Å². The molecule has 402 valence electrons. The van der Waals surface area contributed by atoms with Crippen LogP contribution in [0.1, 0.15) is 62.8 Å². The van der Waals surface area contributed by atoms with Crippen molar-refractivity contribution >= 4 is 134 Å². The standard InChI is InChI=1S/C18H46O7Si7.C15H36O9Si5.C4H9ClSi.CH4/c1-14-26(6)19-31(12)22-28(9,16-3)21-29(10,17-4)24-32(13,20-27(7,8)15-2)25-30(11,18-5)23-31;1-11-25(6)20-26(7,12-2)22-29(10,19-15(5)17)24-27(8,13-3)23-28(9,21-25)18-14(4)16;1-4-6(2,3)5;/h14-15,26H,1-2,16-18H2,3-13H3;11-13H2,1-10H3;4H,1H2,2-3H3;1H4. The summed E-state index contributed by atoms with van der Waals surface area (Å²) in [6.07, 6.45) is 0. The van der Waals surface area contributed by atoms with Crippen LogP contribution < -0.4 is 0 Å². The van der Waals surface area contributed by atoms with Crippen LogP contribution in [0.2, 0.25) is 134 Å². The molecule has 2 aliphatic rings. The van der Waals surface area contributed by atoms with Gasteiger partial charge in [-0.3, -0.25) is 9.59 Å². The molecule has 0 spiro atoms. The van der Waals surface area contributed by atoms with E-state index in [0.29, 0.717) is 18.1 Å². The lowest BCUT2D eigenvalue weighted by atomic mass is 10.9. The minimum absolute atomic E-state index is 0. The highest BCUT2D eigenvalue weighted by atomic mass is 35.6. The molecule has 30 heteroatoms. The van der Waals surface area contributed by atoms with Crippen LogP contribution in [-0.2, 0) is 67.8 Å². The zero-order chi connectivity index (χ0) is 53.0. The lowest BCUT2D eigenvalue weighted by Crippen LogP contribution is -2.69. The highest BCUT2D eigenvalue weighted by Gasteiger charge is 2.62. The van der Waals surface area contributed by atoms with Crippen molar-refractivity contribution in [1.29, 1.82) is 0 Å². The largest absolute Gasteiger partial charge is 0.546 e. The van der Waals surface area contributed by atoms with Gasteiger partial charge in [0.05, 0.1) is 0 Å². The predicted molar refractivity (Wildman–Crippen MR) is 307 cm³/mol. The molecule has 0 radical (unpaired) electrons. The minimum atomic E-state index is -3.46. The summed E-state index contributed by atoms with van der Waals surface area (Å²) in [5.74, 6) is -0.967. The number of rotatable bonds is 15. The van der Waals surface area contributed by atoms with Gasteiger partial charge in [-0.05, 0) is 95.2 Å². The van der Waals surface area contributed by atoms with Crippen molar-refractivity contribution < 1.29 is 67.8 Å². The molecule has 2 fully saturated rings. The Hall–Kier alpha value is 0.789. The fraction of sp³-hybridized carbons (Fsp3) is 0.789. The van der Waals surface area contributed by atoms with E-state index < -0.39 is 123 Å². The van der Waals surface area contributed by atoms with Crippen LogP contribution in [0.25, 0.3) is 0 Å². The van der Waals surface area contributed by atoms with Crippen LogP contribution in [-0.4, -0.2) is 123 Å². The molecule has 2 aliphatic heterocycles. The van der Waals surface area contributed by atoms with Gasteiger partial charge in [0.1, 0.15) is 0 Å². The molecule has 0 amide bonds. The van der Waals surface area contributed by atoms with Gasteiger partial charge in [-0.25, -0.2) is 0 Å². The Morgan fingerprint density at radius 3 is 0.941 bits per heavy atom. The number of hydrogen-bond acceptors (Lipinski definition) is 16. The van der Waals surface area contributed by atoms with Gasteiger partial charge in [-0.15, -0.1) is 19.7 Å². The third kappa shape index (κ3) is 24.9. The molecule has 0 aromatic carbocycles. The van der Waals surface area contributed by atoms with E-state index in [1.165, 1.54) is 13.8 Å². The molecule has 68 heavy (non-hydrogen) atoms. The molecule has 0 bridgehead atoms. The lowest BCUT2D eigenvalue weighted by Gasteiger charge is -2.49. The quantitative estimate of drug-likeness (QED) is 0.112. The van der Waals surface area contributed by atoms with E-state index in [9.17, 15) is 9.59 Å². The van der Waals surface area contributed by atoms with Crippen LogP contribution >= 0.6 is 11.1 Å². The Morgan fingerprint density at radius 2 is 0.735 bits per heavy atom. The average Bonchev–Trinajstić information content (AvgIpc) is 3.15. The summed E-state index contributed by atoms with van der Waals surface area (Å²) in [4.78, 5) is 23.7. The summed E-state index contributed by atoms with van der Waals surface area (Å²) in [6, 6.07) is 4.03. The Morgan fingerprint density at radius 1 is 0.500 bits per heavy atom. The number of hydrogen-bond donors (Lipinski definition) is 0. The zero-order valence-corrected chi connectivity index (χ0v) is 59.5. The highest BCUT2D eigenvalue weighted by molar-refractivity contribution is 7.21. The lowest BCUT2D eigenvalue weighted by molar-refractivity contribution is -0.135. The smallest absolute Gasteiger partial charge is 0.475 e. The van der Waals surface area contributed by atoms with E-state index in [1.54, 1.807) is 13.1 Å². The second-order valence-electron chi connectivity index (χ2n) is 19.3. The molecule has 2 saturated heterocycles. The molecule has 10 atom stereocenters.